The largest absolute Gasteiger partial charge is 0.322 e. The van der Waals surface area contributed by atoms with Gasteiger partial charge >= 0.3 is 0 Å². The average molecular weight is 294 g/mol. The Hall–Kier alpha value is -2.75. The van der Waals surface area contributed by atoms with Crippen molar-refractivity contribution < 1.29 is 9.18 Å². The van der Waals surface area contributed by atoms with E-state index in [9.17, 15) is 9.18 Å². The van der Waals surface area contributed by atoms with Crippen molar-refractivity contribution in [3.8, 4) is 0 Å². The van der Waals surface area contributed by atoms with E-state index >= 15 is 0 Å². The third kappa shape index (κ3) is 2.81. The minimum atomic E-state index is -0.344. The number of aryl methyl sites for hydroxylation is 2. The number of pyridine rings is 1. The minimum Gasteiger partial charge on any atom is -0.322 e. The molecule has 2 aromatic carbocycles. The van der Waals surface area contributed by atoms with Crippen LogP contribution in [0.4, 0.5) is 10.1 Å². The van der Waals surface area contributed by atoms with Crippen molar-refractivity contribution in [2.75, 3.05) is 5.32 Å². The predicted molar refractivity (Wildman–Crippen MR) is 85.6 cm³/mol. The summed E-state index contributed by atoms with van der Waals surface area (Å²) in [6.07, 6.45) is 0. The van der Waals surface area contributed by atoms with Gasteiger partial charge in [0.1, 0.15) is 5.82 Å². The maximum absolute atomic E-state index is 13.3. The van der Waals surface area contributed by atoms with E-state index in [0.717, 1.165) is 11.3 Å². The molecule has 0 fully saturated rings. The Morgan fingerprint density at radius 3 is 2.68 bits per heavy atom. The number of anilines is 1. The van der Waals surface area contributed by atoms with E-state index in [1.54, 1.807) is 19.1 Å². The maximum Gasteiger partial charge on any atom is 0.257 e. The molecule has 0 bridgehead atoms. The molecule has 3 aromatic rings. The maximum atomic E-state index is 13.3. The van der Waals surface area contributed by atoms with Crippen LogP contribution in [0.15, 0.2) is 48.5 Å². The molecule has 0 aliphatic carbocycles. The third-order valence-corrected chi connectivity index (χ3v) is 3.49. The smallest absolute Gasteiger partial charge is 0.257 e. The van der Waals surface area contributed by atoms with E-state index in [1.165, 1.54) is 12.1 Å². The van der Waals surface area contributed by atoms with Crippen LogP contribution in [0, 0.1) is 19.7 Å². The Morgan fingerprint density at radius 1 is 1.09 bits per heavy atom. The molecule has 1 aromatic heterocycles. The molecule has 0 aliphatic rings. The van der Waals surface area contributed by atoms with Crippen molar-refractivity contribution in [1.29, 1.82) is 0 Å². The Balaban J connectivity index is 1.98. The van der Waals surface area contributed by atoms with Crippen LogP contribution in [0.3, 0.4) is 0 Å². The van der Waals surface area contributed by atoms with E-state index in [2.05, 4.69) is 10.3 Å². The molecule has 4 heteroatoms. The quantitative estimate of drug-likeness (QED) is 0.768. The average Bonchev–Trinajstić information content (AvgIpc) is 2.47. The SMILES string of the molecule is Cc1cccc(NC(=O)c2cc3cc(F)ccc3nc2C)c1. The lowest BCUT2D eigenvalue weighted by atomic mass is 10.1. The molecular formula is C18H15FN2O. The highest BCUT2D eigenvalue weighted by Crippen LogP contribution is 2.19. The number of halogens is 1. The molecular weight excluding hydrogens is 279 g/mol. The number of amides is 1. The second-order valence-electron chi connectivity index (χ2n) is 5.28. The molecule has 3 nitrogen and oxygen atoms in total. The van der Waals surface area contributed by atoms with Gasteiger partial charge in [0, 0.05) is 11.1 Å². The fourth-order valence-corrected chi connectivity index (χ4v) is 2.39. The predicted octanol–water partition coefficient (Wildman–Crippen LogP) is 4.24. The van der Waals surface area contributed by atoms with Crippen LogP contribution >= 0.6 is 0 Å². The lowest BCUT2D eigenvalue weighted by Crippen LogP contribution is -2.14. The molecule has 1 heterocycles. The number of hydrogen-bond donors (Lipinski definition) is 1. The number of carbonyl (C=O) groups is 1. The zero-order valence-corrected chi connectivity index (χ0v) is 12.4. The highest BCUT2D eigenvalue weighted by Gasteiger charge is 2.12. The summed E-state index contributed by atoms with van der Waals surface area (Å²) in [5, 5.41) is 3.46. The monoisotopic (exact) mass is 294 g/mol. The van der Waals surface area contributed by atoms with Crippen molar-refractivity contribution in [2.45, 2.75) is 13.8 Å². The minimum absolute atomic E-state index is 0.248. The van der Waals surface area contributed by atoms with Gasteiger partial charge in [0.2, 0.25) is 0 Å². The number of rotatable bonds is 2. The van der Waals surface area contributed by atoms with Crippen LogP contribution in [0.5, 0.6) is 0 Å². The fraction of sp³-hybridized carbons (Fsp3) is 0.111. The third-order valence-electron chi connectivity index (χ3n) is 3.49. The first-order valence-corrected chi connectivity index (χ1v) is 6.98. The Bertz CT molecular complexity index is 874. The van der Waals surface area contributed by atoms with E-state index in [-0.39, 0.29) is 11.7 Å². The highest BCUT2D eigenvalue weighted by molar-refractivity contribution is 6.06. The zero-order chi connectivity index (χ0) is 15.7. The number of benzene rings is 2. The second-order valence-corrected chi connectivity index (χ2v) is 5.28. The Labute approximate surface area is 127 Å². The van der Waals surface area contributed by atoms with Crippen LogP contribution in [-0.4, -0.2) is 10.9 Å². The molecule has 0 saturated carbocycles. The molecule has 0 unspecified atom stereocenters. The number of carbonyl (C=O) groups excluding carboxylic acids is 1. The Kier molecular flexibility index (Phi) is 3.59. The lowest BCUT2D eigenvalue weighted by Gasteiger charge is -2.09. The van der Waals surface area contributed by atoms with Gasteiger partial charge in [0.05, 0.1) is 16.8 Å². The van der Waals surface area contributed by atoms with Crippen LogP contribution in [-0.2, 0) is 0 Å². The normalized spacial score (nSPS) is 10.7. The number of nitrogens with zero attached hydrogens (tertiary/aromatic N) is 1. The number of hydrogen-bond acceptors (Lipinski definition) is 2. The van der Waals surface area contributed by atoms with Crippen molar-refractivity contribution in [3.63, 3.8) is 0 Å². The van der Waals surface area contributed by atoms with Gasteiger partial charge in [-0.15, -0.1) is 0 Å². The lowest BCUT2D eigenvalue weighted by molar-refractivity contribution is 0.102. The fourth-order valence-electron chi connectivity index (χ4n) is 2.39. The van der Waals surface area contributed by atoms with Crippen LogP contribution in [0.25, 0.3) is 10.9 Å². The van der Waals surface area contributed by atoms with E-state index in [0.29, 0.717) is 22.2 Å². The summed E-state index contributed by atoms with van der Waals surface area (Å²) in [4.78, 5) is 16.8. The topological polar surface area (TPSA) is 42.0 Å². The van der Waals surface area contributed by atoms with Gasteiger partial charge in [-0.1, -0.05) is 12.1 Å². The number of nitrogens with one attached hydrogen (secondary N) is 1. The van der Waals surface area contributed by atoms with Crippen LogP contribution in [0.2, 0.25) is 0 Å². The van der Waals surface area contributed by atoms with Gasteiger partial charge in [-0.05, 0) is 55.8 Å². The zero-order valence-electron chi connectivity index (χ0n) is 12.4. The molecule has 1 N–H and O–H groups in total. The first-order chi connectivity index (χ1) is 10.5. The summed E-state index contributed by atoms with van der Waals surface area (Å²) in [6.45, 7) is 3.73. The number of aromatic nitrogens is 1. The van der Waals surface area contributed by atoms with Crippen molar-refractivity contribution in [1.82, 2.24) is 4.98 Å². The molecule has 0 atom stereocenters. The van der Waals surface area contributed by atoms with Gasteiger partial charge in [0.15, 0.2) is 0 Å². The summed E-state index contributed by atoms with van der Waals surface area (Å²) < 4.78 is 13.3. The Morgan fingerprint density at radius 2 is 1.91 bits per heavy atom. The molecule has 0 spiro atoms. The van der Waals surface area contributed by atoms with E-state index in [1.807, 2.05) is 31.2 Å². The molecule has 110 valence electrons. The second kappa shape index (κ2) is 5.56. The van der Waals surface area contributed by atoms with Crippen LogP contribution < -0.4 is 5.32 Å². The molecule has 3 rings (SSSR count). The van der Waals surface area contributed by atoms with E-state index < -0.39 is 0 Å². The van der Waals surface area contributed by atoms with Crippen molar-refractivity contribution in [3.05, 3.63) is 71.2 Å². The van der Waals surface area contributed by atoms with Crippen LogP contribution in [0.1, 0.15) is 21.6 Å². The van der Waals surface area contributed by atoms with Crippen molar-refractivity contribution in [2.24, 2.45) is 0 Å². The first-order valence-electron chi connectivity index (χ1n) is 6.98. The molecule has 0 radical (unpaired) electrons. The summed E-state index contributed by atoms with van der Waals surface area (Å²) in [5.41, 5.74) is 3.52. The van der Waals surface area contributed by atoms with Gasteiger partial charge in [-0.2, -0.15) is 0 Å². The van der Waals surface area contributed by atoms with Gasteiger partial charge in [-0.25, -0.2) is 4.39 Å². The summed E-state index contributed by atoms with van der Waals surface area (Å²) >= 11 is 0. The summed E-state index contributed by atoms with van der Waals surface area (Å²) in [6, 6.07) is 13.6. The molecule has 1 amide bonds. The molecule has 0 saturated heterocycles. The van der Waals surface area contributed by atoms with Gasteiger partial charge in [0.25, 0.3) is 5.91 Å². The summed E-state index contributed by atoms with van der Waals surface area (Å²) in [5.74, 6) is -0.593. The van der Waals surface area contributed by atoms with Gasteiger partial charge < -0.3 is 5.32 Å². The van der Waals surface area contributed by atoms with E-state index in [4.69, 9.17) is 0 Å². The summed E-state index contributed by atoms with van der Waals surface area (Å²) in [7, 11) is 0. The number of fused-ring (bicyclic) bond motifs is 1. The highest BCUT2D eigenvalue weighted by atomic mass is 19.1. The van der Waals surface area contributed by atoms with Gasteiger partial charge in [-0.3, -0.25) is 9.78 Å². The molecule has 22 heavy (non-hydrogen) atoms. The molecule has 0 aliphatic heterocycles. The first kappa shape index (κ1) is 14.2. The standard InChI is InChI=1S/C18H15FN2O/c1-11-4-3-5-15(8-11)21-18(22)16-10-13-9-14(19)6-7-17(13)20-12(16)2/h3-10H,1-2H3,(H,21,22). The van der Waals surface area contributed by atoms with Crippen molar-refractivity contribution >= 4 is 22.5 Å².